The molecular weight excluding hydrogens is 617 g/mol. The van der Waals surface area contributed by atoms with Gasteiger partial charge in [-0.15, -0.1) is 0 Å². The molecule has 4 aromatic rings. The monoisotopic (exact) mass is 659 g/mol. The molecule has 248 valence electrons. The predicted molar refractivity (Wildman–Crippen MR) is 182 cm³/mol. The minimum Gasteiger partial charge on any atom is -0.494 e. The third-order valence-electron chi connectivity index (χ3n) is 7.36. The number of benzene rings is 4. The number of nitrogens with one attached hydrogen (secondary N) is 1. The Balaban J connectivity index is 1.81. The lowest BCUT2D eigenvalue weighted by Gasteiger charge is -2.35. The number of hydrogen-bond acceptors (Lipinski definition) is 5. The summed E-state index contributed by atoms with van der Waals surface area (Å²) in [6, 6.07) is 26.8. The maximum absolute atomic E-state index is 14.6. The Morgan fingerprint density at radius 2 is 1.47 bits per heavy atom. The van der Waals surface area contributed by atoms with Crippen molar-refractivity contribution in [3.05, 3.63) is 126 Å². The van der Waals surface area contributed by atoms with Gasteiger partial charge in [0.25, 0.3) is 10.0 Å². The molecule has 0 aliphatic rings. The Kier molecular flexibility index (Phi) is 11.4. The minimum absolute atomic E-state index is 0.0574. The van der Waals surface area contributed by atoms with Gasteiger partial charge in [0.05, 0.1) is 17.2 Å². The van der Waals surface area contributed by atoms with Crippen molar-refractivity contribution in [3.63, 3.8) is 0 Å². The molecule has 0 radical (unpaired) electrons. The summed E-state index contributed by atoms with van der Waals surface area (Å²) < 4.78 is 48.6. The summed E-state index contributed by atoms with van der Waals surface area (Å²) in [6.07, 6.45) is 0.203. The zero-order valence-corrected chi connectivity index (χ0v) is 28.3. The second kappa shape index (κ2) is 15.3. The van der Waals surface area contributed by atoms with Crippen LogP contribution < -0.4 is 14.4 Å². The summed E-state index contributed by atoms with van der Waals surface area (Å²) in [5.74, 6) is -1.01. The van der Waals surface area contributed by atoms with E-state index in [0.717, 1.165) is 45.3 Å². The highest BCUT2D eigenvalue weighted by Crippen LogP contribution is 2.27. The zero-order valence-electron chi connectivity index (χ0n) is 27.4. The van der Waals surface area contributed by atoms with Crippen LogP contribution in [0.5, 0.6) is 5.75 Å². The Morgan fingerprint density at radius 3 is 2.04 bits per heavy atom. The van der Waals surface area contributed by atoms with Crippen LogP contribution in [0.3, 0.4) is 0 Å². The average molecular weight is 660 g/mol. The smallest absolute Gasteiger partial charge is 0.264 e. The number of nitrogens with zero attached hydrogens (tertiary/aromatic N) is 2. The number of anilines is 1. The highest BCUT2D eigenvalue weighted by Gasteiger charge is 2.35. The molecule has 8 nitrogen and oxygen atoms in total. The van der Waals surface area contributed by atoms with Crippen molar-refractivity contribution in [1.29, 1.82) is 0 Å². The number of hydrogen-bond donors (Lipinski definition) is 1. The van der Waals surface area contributed by atoms with Gasteiger partial charge in [0, 0.05) is 18.5 Å². The van der Waals surface area contributed by atoms with Gasteiger partial charge >= 0.3 is 0 Å². The molecule has 1 unspecified atom stereocenters. The van der Waals surface area contributed by atoms with E-state index in [1.807, 2.05) is 89.2 Å². The number of ether oxygens (including phenoxy) is 1. The molecule has 1 atom stereocenters. The van der Waals surface area contributed by atoms with Crippen molar-refractivity contribution in [1.82, 2.24) is 10.2 Å². The molecular formula is C37H42FN3O5S. The molecule has 0 aliphatic carbocycles. The molecule has 2 amide bonds. The van der Waals surface area contributed by atoms with Crippen LogP contribution in [0.2, 0.25) is 0 Å². The van der Waals surface area contributed by atoms with Gasteiger partial charge in [0.2, 0.25) is 11.8 Å². The number of carbonyl (C=O) groups excluding carboxylic acids is 2. The third-order valence-corrected chi connectivity index (χ3v) is 9.15. The molecule has 0 saturated carbocycles. The van der Waals surface area contributed by atoms with Gasteiger partial charge in [0.1, 0.15) is 24.2 Å². The van der Waals surface area contributed by atoms with Gasteiger partial charge in [-0.25, -0.2) is 12.8 Å². The van der Waals surface area contributed by atoms with E-state index in [4.69, 9.17) is 4.74 Å². The summed E-state index contributed by atoms with van der Waals surface area (Å²) in [4.78, 5) is 29.8. The first kappa shape index (κ1) is 35.2. The zero-order chi connectivity index (χ0) is 34.2. The first-order valence-electron chi connectivity index (χ1n) is 15.5. The number of amides is 2. The second-order valence-electron chi connectivity index (χ2n) is 12.3. The summed E-state index contributed by atoms with van der Waals surface area (Å²) in [6.45, 7) is 9.23. The number of sulfonamides is 1. The van der Waals surface area contributed by atoms with Crippen LogP contribution in [-0.2, 0) is 32.6 Å². The lowest BCUT2D eigenvalue weighted by Crippen LogP contribution is -2.56. The van der Waals surface area contributed by atoms with Crippen LogP contribution in [0.15, 0.2) is 108 Å². The topological polar surface area (TPSA) is 96.0 Å². The fraction of sp³-hybridized carbons (Fsp3) is 0.297. The Hall–Kier alpha value is -4.70. The lowest BCUT2D eigenvalue weighted by molar-refractivity contribution is -0.140. The van der Waals surface area contributed by atoms with Crippen molar-refractivity contribution in [2.45, 2.75) is 64.1 Å². The molecule has 0 aromatic heterocycles. The van der Waals surface area contributed by atoms with Crippen molar-refractivity contribution in [3.8, 4) is 5.75 Å². The normalized spacial score (nSPS) is 12.2. The van der Waals surface area contributed by atoms with Crippen LogP contribution in [-0.4, -0.2) is 49.9 Å². The summed E-state index contributed by atoms with van der Waals surface area (Å²) >= 11 is 0. The Morgan fingerprint density at radius 1 is 0.851 bits per heavy atom. The van der Waals surface area contributed by atoms with E-state index < -0.39 is 39.9 Å². The first-order valence-corrected chi connectivity index (χ1v) is 16.9. The molecule has 0 heterocycles. The second-order valence-corrected chi connectivity index (χ2v) is 14.2. The molecule has 4 rings (SSSR count). The summed E-state index contributed by atoms with van der Waals surface area (Å²) in [5, 5.41) is 3.02. The fourth-order valence-corrected chi connectivity index (χ4v) is 6.45. The molecule has 10 heteroatoms. The van der Waals surface area contributed by atoms with E-state index in [1.54, 1.807) is 24.3 Å². The first-order chi connectivity index (χ1) is 22.3. The standard InChI is InChI=1S/C37H42FN3O5S/c1-6-46-32-20-18-31(19-21-32)41(47(44,45)33-22-16-30(38)17-23-33)26-35(42)40(25-29-14-12-27(2)13-15-29)34(36(43)39-37(3,4)5)24-28-10-8-7-9-11-28/h7-23,34H,6,24-26H2,1-5H3,(H,39,43). The molecule has 0 spiro atoms. The predicted octanol–water partition coefficient (Wildman–Crippen LogP) is 6.28. The minimum atomic E-state index is -4.36. The average Bonchev–Trinajstić information content (AvgIpc) is 3.03. The van der Waals surface area contributed by atoms with E-state index >= 15 is 0 Å². The van der Waals surface area contributed by atoms with Gasteiger partial charge in [0.15, 0.2) is 0 Å². The van der Waals surface area contributed by atoms with Crippen molar-refractivity contribution in [2.75, 3.05) is 17.5 Å². The SMILES string of the molecule is CCOc1ccc(N(CC(=O)N(Cc2ccc(C)cc2)C(Cc2ccccc2)C(=O)NC(C)(C)C)S(=O)(=O)c2ccc(F)cc2)cc1. The van der Waals surface area contributed by atoms with Gasteiger partial charge in [-0.3, -0.25) is 13.9 Å². The van der Waals surface area contributed by atoms with Crippen LogP contribution in [0, 0.1) is 12.7 Å². The number of halogens is 1. The molecule has 0 bridgehead atoms. The van der Waals surface area contributed by atoms with Crippen LogP contribution >= 0.6 is 0 Å². The number of aryl methyl sites for hydroxylation is 1. The van der Waals surface area contributed by atoms with Crippen molar-refractivity contribution < 1.29 is 27.1 Å². The van der Waals surface area contributed by atoms with Gasteiger partial charge in [-0.1, -0.05) is 60.2 Å². The van der Waals surface area contributed by atoms with Crippen molar-refractivity contribution in [2.24, 2.45) is 0 Å². The van der Waals surface area contributed by atoms with Gasteiger partial charge < -0.3 is 15.0 Å². The van der Waals surface area contributed by atoms with Crippen LogP contribution in [0.4, 0.5) is 10.1 Å². The highest BCUT2D eigenvalue weighted by atomic mass is 32.2. The van der Waals surface area contributed by atoms with Gasteiger partial charge in [-0.05, 0) is 94.3 Å². The van der Waals surface area contributed by atoms with E-state index in [0.29, 0.717) is 12.4 Å². The van der Waals surface area contributed by atoms with Crippen molar-refractivity contribution >= 4 is 27.5 Å². The molecule has 0 aliphatic heterocycles. The van der Waals surface area contributed by atoms with E-state index in [-0.39, 0.29) is 29.5 Å². The van der Waals surface area contributed by atoms with Crippen LogP contribution in [0.25, 0.3) is 0 Å². The summed E-state index contributed by atoms with van der Waals surface area (Å²) in [7, 11) is -4.36. The van der Waals surface area contributed by atoms with E-state index in [9.17, 15) is 22.4 Å². The molecule has 0 saturated heterocycles. The Bertz CT molecular complexity index is 1740. The number of rotatable bonds is 13. The third kappa shape index (κ3) is 9.65. The number of carbonyl (C=O) groups is 2. The molecule has 4 aromatic carbocycles. The van der Waals surface area contributed by atoms with Gasteiger partial charge in [-0.2, -0.15) is 0 Å². The molecule has 47 heavy (non-hydrogen) atoms. The summed E-state index contributed by atoms with van der Waals surface area (Å²) in [5.41, 5.74) is 2.26. The van der Waals surface area contributed by atoms with E-state index in [2.05, 4.69) is 5.32 Å². The lowest BCUT2D eigenvalue weighted by atomic mass is 10.0. The molecule has 1 N–H and O–H groups in total. The fourth-order valence-electron chi connectivity index (χ4n) is 5.03. The van der Waals surface area contributed by atoms with Crippen LogP contribution in [0.1, 0.15) is 44.4 Å². The molecule has 0 fully saturated rings. The Labute approximate surface area is 277 Å². The highest BCUT2D eigenvalue weighted by molar-refractivity contribution is 7.92. The van der Waals surface area contributed by atoms with E-state index in [1.165, 1.54) is 4.90 Å². The quantitative estimate of drug-likeness (QED) is 0.182. The largest absolute Gasteiger partial charge is 0.494 e. The maximum Gasteiger partial charge on any atom is 0.264 e. The maximum atomic E-state index is 14.6.